The Hall–Kier alpha value is -3.90. The van der Waals surface area contributed by atoms with Crippen LogP contribution in [-0.4, -0.2) is 41.6 Å². The van der Waals surface area contributed by atoms with Gasteiger partial charge in [0.05, 0.1) is 18.3 Å². The first-order valence-corrected chi connectivity index (χ1v) is 11.9. The molecule has 0 bridgehead atoms. The first-order chi connectivity index (χ1) is 17.0. The van der Waals surface area contributed by atoms with Crippen molar-refractivity contribution in [2.75, 3.05) is 13.2 Å². The molecule has 1 unspecified atom stereocenters. The van der Waals surface area contributed by atoms with Crippen molar-refractivity contribution in [2.24, 2.45) is 0 Å². The number of benzene rings is 3. The molecule has 1 saturated heterocycles. The molecular formula is C29H26N2O4. The van der Waals surface area contributed by atoms with Crippen LogP contribution in [-0.2, 0) is 14.4 Å². The van der Waals surface area contributed by atoms with Crippen molar-refractivity contribution in [3.8, 4) is 11.1 Å². The van der Waals surface area contributed by atoms with Gasteiger partial charge in [0, 0.05) is 12.3 Å². The van der Waals surface area contributed by atoms with E-state index in [2.05, 4.69) is 29.7 Å². The number of fused-ring (bicyclic) bond motifs is 3. The summed E-state index contributed by atoms with van der Waals surface area (Å²) in [6.45, 7) is 1.97. The topological polar surface area (TPSA) is 67.9 Å². The SMILES string of the molecule is CC(=O)C1C[C@]2(C=C(c3ccccc3)NO2)CN1C(=O)OCC1c2ccccc2-c2ccccc21. The predicted molar refractivity (Wildman–Crippen MR) is 132 cm³/mol. The maximum Gasteiger partial charge on any atom is 0.410 e. The highest BCUT2D eigenvalue weighted by Gasteiger charge is 2.51. The number of carbonyl (C=O) groups is 2. The summed E-state index contributed by atoms with van der Waals surface area (Å²) in [5, 5.41) is 0. The Morgan fingerprint density at radius 2 is 1.60 bits per heavy atom. The minimum Gasteiger partial charge on any atom is -0.448 e. The van der Waals surface area contributed by atoms with E-state index in [1.165, 1.54) is 23.0 Å². The number of ketones is 1. The maximum atomic E-state index is 13.3. The van der Waals surface area contributed by atoms with Crippen molar-refractivity contribution < 1.29 is 19.2 Å². The van der Waals surface area contributed by atoms with Crippen LogP contribution in [0.1, 0.15) is 36.0 Å². The normalized spacial score (nSPS) is 22.5. The largest absolute Gasteiger partial charge is 0.448 e. The van der Waals surface area contributed by atoms with E-state index >= 15 is 0 Å². The first kappa shape index (κ1) is 21.6. The maximum absolute atomic E-state index is 13.3. The van der Waals surface area contributed by atoms with Gasteiger partial charge in [0.25, 0.3) is 0 Å². The Morgan fingerprint density at radius 3 is 2.26 bits per heavy atom. The lowest BCUT2D eigenvalue weighted by atomic mass is 9.97. The van der Waals surface area contributed by atoms with Crippen molar-refractivity contribution in [3.05, 3.63) is 102 Å². The zero-order valence-corrected chi connectivity index (χ0v) is 19.4. The summed E-state index contributed by atoms with van der Waals surface area (Å²) >= 11 is 0. The average Bonchev–Trinajstić information content (AvgIpc) is 3.58. The molecule has 1 amide bonds. The number of likely N-dealkylation sites (tertiary alicyclic amines) is 1. The number of rotatable bonds is 4. The average molecular weight is 467 g/mol. The Morgan fingerprint density at radius 1 is 0.971 bits per heavy atom. The molecule has 3 aromatic rings. The molecule has 176 valence electrons. The summed E-state index contributed by atoms with van der Waals surface area (Å²) < 4.78 is 5.86. The molecule has 35 heavy (non-hydrogen) atoms. The minimum atomic E-state index is -0.771. The van der Waals surface area contributed by atoms with Crippen molar-refractivity contribution in [1.29, 1.82) is 0 Å². The molecule has 3 aromatic carbocycles. The molecule has 1 spiro atoms. The van der Waals surface area contributed by atoms with Gasteiger partial charge in [-0.15, -0.1) is 0 Å². The number of ether oxygens (including phenoxy) is 1. The molecule has 0 aromatic heterocycles. The van der Waals surface area contributed by atoms with Gasteiger partial charge >= 0.3 is 6.09 Å². The van der Waals surface area contributed by atoms with Gasteiger partial charge in [-0.05, 0) is 40.8 Å². The minimum absolute atomic E-state index is 0.0346. The molecule has 2 atom stereocenters. The smallest absolute Gasteiger partial charge is 0.410 e. The van der Waals surface area contributed by atoms with Crippen LogP contribution in [0.2, 0.25) is 0 Å². The zero-order chi connectivity index (χ0) is 24.0. The predicted octanol–water partition coefficient (Wildman–Crippen LogP) is 4.91. The molecular weight excluding hydrogens is 440 g/mol. The summed E-state index contributed by atoms with van der Waals surface area (Å²) in [4.78, 5) is 33.3. The second kappa shape index (κ2) is 8.40. The number of nitrogens with one attached hydrogen (secondary N) is 1. The fourth-order valence-corrected chi connectivity index (χ4v) is 5.55. The molecule has 6 nitrogen and oxygen atoms in total. The van der Waals surface area contributed by atoms with Gasteiger partial charge in [-0.25, -0.2) is 4.79 Å². The second-order valence-electron chi connectivity index (χ2n) is 9.46. The molecule has 2 aliphatic heterocycles. The number of hydrogen-bond acceptors (Lipinski definition) is 5. The lowest BCUT2D eigenvalue weighted by Gasteiger charge is -2.23. The number of carbonyl (C=O) groups excluding carboxylic acids is 2. The molecule has 6 heteroatoms. The Balaban J connectivity index is 1.21. The Bertz CT molecular complexity index is 1290. The van der Waals surface area contributed by atoms with Crippen LogP contribution in [0.15, 0.2) is 84.9 Å². The van der Waals surface area contributed by atoms with Crippen molar-refractivity contribution in [2.45, 2.75) is 30.9 Å². The molecule has 1 aliphatic carbocycles. The van der Waals surface area contributed by atoms with Gasteiger partial charge in [-0.3, -0.25) is 20.0 Å². The molecule has 6 rings (SSSR count). The third-order valence-electron chi connectivity index (χ3n) is 7.25. The third-order valence-corrected chi connectivity index (χ3v) is 7.25. The Labute approximate surface area is 204 Å². The van der Waals surface area contributed by atoms with Crippen LogP contribution in [0.3, 0.4) is 0 Å². The number of hydrogen-bond donors (Lipinski definition) is 1. The fraction of sp³-hybridized carbons (Fsp3) is 0.241. The molecule has 1 N–H and O–H groups in total. The summed E-state index contributed by atoms with van der Waals surface area (Å²) in [5.41, 5.74) is 8.71. The standard InChI is InChI=1S/C29H26N2O4/c1-19(32)27-16-29(15-26(30-35-29)20-9-3-2-4-10-20)18-31(27)28(33)34-17-25-23-13-7-5-11-21(23)22-12-6-8-14-24(22)25/h2-15,25,27,30H,16-18H2,1H3/t27?,29-/m1/s1. The van der Waals surface area contributed by atoms with E-state index in [9.17, 15) is 9.59 Å². The van der Waals surface area contributed by atoms with Gasteiger partial charge in [0.15, 0.2) is 5.78 Å². The fourth-order valence-electron chi connectivity index (χ4n) is 5.55. The van der Waals surface area contributed by atoms with Gasteiger partial charge in [-0.1, -0.05) is 78.9 Å². The van der Waals surface area contributed by atoms with E-state index in [1.807, 2.05) is 60.7 Å². The third kappa shape index (κ3) is 3.70. The highest BCUT2D eigenvalue weighted by atomic mass is 16.7. The van der Waals surface area contributed by atoms with Crippen LogP contribution in [0, 0.1) is 0 Å². The summed E-state index contributed by atoms with van der Waals surface area (Å²) in [7, 11) is 0. The lowest BCUT2D eigenvalue weighted by Crippen LogP contribution is -2.41. The zero-order valence-electron chi connectivity index (χ0n) is 19.4. The molecule has 0 saturated carbocycles. The van der Waals surface area contributed by atoms with Crippen molar-refractivity contribution in [3.63, 3.8) is 0 Å². The second-order valence-corrected chi connectivity index (χ2v) is 9.46. The molecule has 3 aliphatic rings. The lowest BCUT2D eigenvalue weighted by molar-refractivity contribution is -0.121. The van der Waals surface area contributed by atoms with Gasteiger partial charge in [-0.2, -0.15) is 0 Å². The van der Waals surface area contributed by atoms with Gasteiger partial charge in [0.1, 0.15) is 12.2 Å². The highest BCUT2D eigenvalue weighted by molar-refractivity contribution is 5.87. The summed E-state index contributed by atoms with van der Waals surface area (Å²) in [5.74, 6) is -0.117. The van der Waals surface area contributed by atoms with Crippen LogP contribution in [0.25, 0.3) is 16.8 Å². The van der Waals surface area contributed by atoms with Crippen LogP contribution < -0.4 is 5.48 Å². The first-order valence-electron chi connectivity index (χ1n) is 11.9. The van der Waals surface area contributed by atoms with Crippen LogP contribution in [0.4, 0.5) is 4.79 Å². The highest BCUT2D eigenvalue weighted by Crippen LogP contribution is 2.45. The van der Waals surface area contributed by atoms with Crippen LogP contribution in [0.5, 0.6) is 0 Å². The van der Waals surface area contributed by atoms with E-state index in [-0.39, 0.29) is 24.9 Å². The molecule has 0 radical (unpaired) electrons. The summed E-state index contributed by atoms with van der Waals surface area (Å²) in [6, 6.07) is 25.7. The number of Topliss-reactive ketones (excluding diaryl/α,β-unsaturated/α-hetero) is 1. The molecule has 1 fully saturated rings. The molecule has 2 heterocycles. The van der Waals surface area contributed by atoms with Gasteiger partial charge in [0.2, 0.25) is 0 Å². The Kier molecular flexibility index (Phi) is 5.19. The van der Waals surface area contributed by atoms with Crippen LogP contribution >= 0.6 is 0 Å². The quantitative estimate of drug-likeness (QED) is 0.592. The van der Waals surface area contributed by atoms with E-state index in [0.717, 1.165) is 22.4 Å². The van der Waals surface area contributed by atoms with E-state index < -0.39 is 17.7 Å². The number of amides is 1. The monoisotopic (exact) mass is 466 g/mol. The van der Waals surface area contributed by atoms with Crippen molar-refractivity contribution in [1.82, 2.24) is 10.4 Å². The van der Waals surface area contributed by atoms with Crippen molar-refractivity contribution >= 4 is 17.6 Å². The van der Waals surface area contributed by atoms with E-state index in [0.29, 0.717) is 6.42 Å². The van der Waals surface area contributed by atoms with E-state index in [4.69, 9.17) is 9.57 Å². The number of hydroxylamine groups is 1. The van der Waals surface area contributed by atoms with E-state index in [1.54, 1.807) is 0 Å². The number of nitrogens with zero attached hydrogens (tertiary/aromatic N) is 1. The van der Waals surface area contributed by atoms with Gasteiger partial charge < -0.3 is 4.74 Å². The summed E-state index contributed by atoms with van der Waals surface area (Å²) in [6.07, 6.45) is 1.87.